The van der Waals surface area contributed by atoms with Crippen LogP contribution in [0.2, 0.25) is 0 Å². The summed E-state index contributed by atoms with van der Waals surface area (Å²) >= 11 is 1.48. The highest BCUT2D eigenvalue weighted by Crippen LogP contribution is 2.14. The van der Waals surface area contributed by atoms with Crippen molar-refractivity contribution in [3.63, 3.8) is 0 Å². The fourth-order valence-electron chi connectivity index (χ4n) is 1.87. The van der Waals surface area contributed by atoms with E-state index in [0.717, 1.165) is 4.88 Å². The van der Waals surface area contributed by atoms with Gasteiger partial charge in [-0.3, -0.25) is 4.79 Å². The maximum absolute atomic E-state index is 12.3. The zero-order valence-electron chi connectivity index (χ0n) is 13.1. The first-order valence-electron chi connectivity index (χ1n) is 7.08. The highest BCUT2D eigenvalue weighted by atomic mass is 35.5. The van der Waals surface area contributed by atoms with Crippen molar-refractivity contribution in [2.45, 2.75) is 11.4 Å². The Balaban J connectivity index is 0.00000288. The minimum Gasteiger partial charge on any atom is -0.351 e. The lowest BCUT2D eigenvalue weighted by Gasteiger charge is -2.08. The third-order valence-electron chi connectivity index (χ3n) is 3.08. The van der Waals surface area contributed by atoms with Crippen molar-refractivity contribution < 1.29 is 13.2 Å². The Kier molecular flexibility index (Phi) is 8.37. The highest BCUT2D eigenvalue weighted by Gasteiger charge is 2.16. The zero-order valence-corrected chi connectivity index (χ0v) is 15.6. The van der Waals surface area contributed by atoms with Crippen molar-refractivity contribution in [1.82, 2.24) is 15.4 Å². The second-order valence-electron chi connectivity index (χ2n) is 4.79. The Hall–Kier alpha value is -1.45. The summed E-state index contributed by atoms with van der Waals surface area (Å²) in [5.74, 6) is -0.296. The van der Waals surface area contributed by atoms with E-state index in [4.69, 9.17) is 0 Å². The second-order valence-corrected chi connectivity index (χ2v) is 7.59. The summed E-state index contributed by atoms with van der Waals surface area (Å²) < 4.78 is 27.2. The predicted molar refractivity (Wildman–Crippen MR) is 98.3 cm³/mol. The van der Waals surface area contributed by atoms with Crippen LogP contribution in [0.1, 0.15) is 15.2 Å². The van der Waals surface area contributed by atoms with Crippen LogP contribution in [0.15, 0.2) is 46.7 Å². The number of halogens is 1. The van der Waals surface area contributed by atoms with Crippen LogP contribution < -0.4 is 15.4 Å². The minimum absolute atomic E-state index is 0. The molecule has 1 heterocycles. The van der Waals surface area contributed by atoms with Crippen molar-refractivity contribution in [1.29, 1.82) is 0 Å². The van der Waals surface area contributed by atoms with Crippen LogP contribution in [0.4, 0.5) is 0 Å². The number of sulfonamides is 1. The average molecular weight is 390 g/mol. The first-order valence-corrected chi connectivity index (χ1v) is 9.44. The molecule has 0 fully saturated rings. The molecule has 0 spiro atoms. The first kappa shape index (κ1) is 20.6. The number of carbonyl (C=O) groups excluding carboxylic acids is 1. The molecular formula is C15H20ClN3O3S2. The van der Waals surface area contributed by atoms with Crippen LogP contribution in [0.25, 0.3) is 0 Å². The van der Waals surface area contributed by atoms with E-state index in [0.29, 0.717) is 18.7 Å². The molecule has 0 bridgehead atoms. The van der Waals surface area contributed by atoms with E-state index < -0.39 is 10.0 Å². The van der Waals surface area contributed by atoms with Crippen LogP contribution in [0, 0.1) is 0 Å². The van der Waals surface area contributed by atoms with Crippen LogP contribution >= 0.6 is 23.7 Å². The second kappa shape index (κ2) is 9.75. The van der Waals surface area contributed by atoms with Gasteiger partial charge in [-0.05, 0) is 36.7 Å². The molecule has 0 saturated heterocycles. The largest absolute Gasteiger partial charge is 0.351 e. The van der Waals surface area contributed by atoms with Crippen molar-refractivity contribution >= 4 is 39.7 Å². The molecule has 0 saturated carbocycles. The van der Waals surface area contributed by atoms with Gasteiger partial charge in [-0.15, -0.1) is 23.7 Å². The topological polar surface area (TPSA) is 87.3 Å². The maximum atomic E-state index is 12.3. The van der Waals surface area contributed by atoms with Gasteiger partial charge in [0.2, 0.25) is 10.0 Å². The fourth-order valence-corrected chi connectivity index (χ4v) is 3.66. The Morgan fingerprint density at radius 2 is 1.96 bits per heavy atom. The fraction of sp³-hybridized carbons (Fsp3) is 0.267. The zero-order chi connectivity index (χ0) is 16.7. The Morgan fingerprint density at radius 3 is 2.62 bits per heavy atom. The van der Waals surface area contributed by atoms with Crippen LogP contribution in [0.5, 0.6) is 0 Å². The van der Waals surface area contributed by atoms with Gasteiger partial charge in [-0.2, -0.15) is 0 Å². The highest BCUT2D eigenvalue weighted by molar-refractivity contribution is 7.89. The number of hydrogen-bond acceptors (Lipinski definition) is 5. The molecule has 9 heteroatoms. The summed E-state index contributed by atoms with van der Waals surface area (Å²) in [5, 5.41) is 7.53. The molecule has 0 aliphatic heterocycles. The van der Waals surface area contributed by atoms with E-state index in [9.17, 15) is 13.2 Å². The van der Waals surface area contributed by atoms with E-state index in [1.54, 1.807) is 19.2 Å². The Bertz CT molecular complexity index is 749. The molecule has 132 valence electrons. The lowest BCUT2D eigenvalue weighted by atomic mass is 10.2. The summed E-state index contributed by atoms with van der Waals surface area (Å²) in [6.07, 6.45) is 0. The van der Waals surface area contributed by atoms with Crippen molar-refractivity contribution in [3.05, 3.63) is 52.2 Å². The summed E-state index contributed by atoms with van der Waals surface area (Å²) in [5.41, 5.74) is 0.320. The van der Waals surface area contributed by atoms with E-state index in [1.807, 2.05) is 17.5 Å². The Morgan fingerprint density at radius 1 is 1.17 bits per heavy atom. The van der Waals surface area contributed by atoms with Crippen molar-refractivity contribution in [2.75, 3.05) is 20.1 Å². The van der Waals surface area contributed by atoms with Gasteiger partial charge in [0.1, 0.15) is 0 Å². The average Bonchev–Trinajstić information content (AvgIpc) is 3.07. The van der Waals surface area contributed by atoms with Crippen LogP contribution in [-0.4, -0.2) is 34.5 Å². The molecule has 3 N–H and O–H groups in total. The molecule has 1 aromatic heterocycles. The number of benzene rings is 1. The van der Waals surface area contributed by atoms with Crippen molar-refractivity contribution in [2.24, 2.45) is 0 Å². The smallest absolute Gasteiger partial charge is 0.251 e. The molecule has 2 rings (SSSR count). The van der Waals surface area contributed by atoms with Crippen molar-refractivity contribution in [3.8, 4) is 0 Å². The lowest BCUT2D eigenvalue weighted by Crippen LogP contribution is -2.30. The summed E-state index contributed by atoms with van der Waals surface area (Å²) in [7, 11) is -1.86. The predicted octanol–water partition coefficient (Wildman–Crippen LogP) is 1.60. The number of carbonyl (C=O) groups is 1. The molecule has 0 aliphatic rings. The molecule has 0 atom stereocenters. The van der Waals surface area contributed by atoms with Crippen LogP contribution in [-0.2, 0) is 16.6 Å². The summed E-state index contributed by atoms with van der Waals surface area (Å²) in [6.45, 7) is 1.35. The van der Waals surface area contributed by atoms with E-state index >= 15 is 0 Å². The molecule has 1 amide bonds. The molecule has 0 unspecified atom stereocenters. The molecule has 6 nitrogen and oxygen atoms in total. The third-order valence-corrected chi connectivity index (χ3v) is 5.36. The number of nitrogens with one attached hydrogen (secondary N) is 3. The maximum Gasteiger partial charge on any atom is 0.251 e. The minimum atomic E-state index is -3.65. The monoisotopic (exact) mass is 389 g/mol. The molecule has 24 heavy (non-hydrogen) atoms. The van der Waals surface area contributed by atoms with Gasteiger partial charge in [0.25, 0.3) is 5.91 Å². The number of likely N-dealkylation sites (N-methyl/N-ethyl adjacent to an activating group) is 1. The molecular weight excluding hydrogens is 370 g/mol. The van der Waals surface area contributed by atoms with Gasteiger partial charge in [-0.1, -0.05) is 12.1 Å². The quantitative estimate of drug-likeness (QED) is 0.598. The number of hydrogen-bond donors (Lipinski definition) is 3. The van der Waals surface area contributed by atoms with E-state index in [1.165, 1.54) is 23.5 Å². The standard InChI is InChI=1S/C15H19N3O3S2.ClH/c1-16-7-8-17-15(19)12-4-2-6-14(10-12)23(20,21)18-11-13-5-3-9-22-13;/h2-6,9-10,16,18H,7-8,11H2,1H3,(H,17,19);1H. The van der Waals surface area contributed by atoms with Gasteiger partial charge < -0.3 is 10.6 Å². The van der Waals surface area contributed by atoms with Gasteiger partial charge in [-0.25, -0.2) is 13.1 Å². The van der Waals surface area contributed by atoms with E-state index in [-0.39, 0.29) is 29.8 Å². The Labute approximate surface area is 152 Å². The molecule has 1 aromatic carbocycles. The first-order chi connectivity index (χ1) is 11.0. The molecule has 0 aliphatic carbocycles. The number of amides is 1. The molecule has 0 radical (unpaired) electrons. The lowest BCUT2D eigenvalue weighted by molar-refractivity contribution is 0.0954. The normalized spacial score (nSPS) is 10.9. The summed E-state index contributed by atoms with van der Waals surface area (Å²) in [4.78, 5) is 13.0. The summed E-state index contributed by atoms with van der Waals surface area (Å²) in [6, 6.07) is 9.73. The SMILES string of the molecule is CNCCNC(=O)c1cccc(S(=O)(=O)NCc2cccs2)c1.Cl. The van der Waals surface area contributed by atoms with Gasteiger partial charge in [0.05, 0.1) is 4.90 Å². The number of rotatable bonds is 8. The van der Waals surface area contributed by atoms with E-state index in [2.05, 4.69) is 15.4 Å². The molecule has 2 aromatic rings. The number of thiophene rings is 1. The van der Waals surface area contributed by atoms with Crippen LogP contribution in [0.3, 0.4) is 0 Å². The van der Waals surface area contributed by atoms with Gasteiger partial charge in [0.15, 0.2) is 0 Å². The van der Waals surface area contributed by atoms with Gasteiger partial charge >= 0.3 is 0 Å². The third kappa shape index (κ3) is 5.88. The van der Waals surface area contributed by atoms with Gasteiger partial charge in [0, 0.05) is 30.1 Å².